The first kappa shape index (κ1) is 10.7. The van der Waals surface area contributed by atoms with Gasteiger partial charge in [0.05, 0.1) is 11.9 Å². The maximum atomic E-state index is 4.33. The van der Waals surface area contributed by atoms with Crippen LogP contribution < -0.4 is 4.90 Å². The van der Waals surface area contributed by atoms with Crippen LogP contribution in [0.2, 0.25) is 0 Å². The van der Waals surface area contributed by atoms with Crippen LogP contribution >= 0.6 is 0 Å². The van der Waals surface area contributed by atoms with Crippen molar-refractivity contribution in [3.05, 3.63) is 48.3 Å². The molecule has 0 spiro atoms. The van der Waals surface area contributed by atoms with E-state index in [1.165, 1.54) is 5.56 Å². The molecule has 0 aliphatic rings. The lowest BCUT2D eigenvalue weighted by molar-refractivity contribution is 0.615. The van der Waals surface area contributed by atoms with Crippen molar-refractivity contribution in [1.82, 2.24) is 9.78 Å². The van der Waals surface area contributed by atoms with Crippen LogP contribution in [0.5, 0.6) is 0 Å². The highest BCUT2D eigenvalue weighted by molar-refractivity contribution is 5.39. The maximum Gasteiger partial charge on any atom is 0.0747 e. The van der Waals surface area contributed by atoms with Crippen LogP contribution in [0.1, 0.15) is 5.56 Å². The van der Waals surface area contributed by atoms with Gasteiger partial charge in [-0.1, -0.05) is 30.3 Å². The fourth-order valence-corrected chi connectivity index (χ4v) is 1.59. The quantitative estimate of drug-likeness (QED) is 0.779. The zero-order valence-corrected chi connectivity index (χ0v) is 9.80. The smallest absolute Gasteiger partial charge is 0.0747 e. The van der Waals surface area contributed by atoms with E-state index in [1.54, 1.807) is 0 Å². The van der Waals surface area contributed by atoms with Gasteiger partial charge < -0.3 is 4.90 Å². The van der Waals surface area contributed by atoms with Crippen LogP contribution in [0.3, 0.4) is 0 Å². The summed E-state index contributed by atoms with van der Waals surface area (Å²) in [6.45, 7) is 0.928. The molecule has 0 bridgehead atoms. The maximum absolute atomic E-state index is 4.33. The monoisotopic (exact) mass is 215 g/mol. The highest BCUT2D eigenvalue weighted by atomic mass is 15.3. The molecule has 0 amide bonds. The largest absolute Gasteiger partial charge is 0.375 e. The number of hydrogen-bond donors (Lipinski definition) is 0. The minimum atomic E-state index is 0.928. The van der Waals surface area contributed by atoms with Crippen LogP contribution in [-0.4, -0.2) is 23.9 Å². The number of anilines is 1. The average Bonchev–Trinajstić information content (AvgIpc) is 2.76. The van der Waals surface area contributed by atoms with Crippen molar-refractivity contribution >= 4 is 5.69 Å². The fourth-order valence-electron chi connectivity index (χ4n) is 1.59. The van der Waals surface area contributed by atoms with Crippen molar-refractivity contribution in [1.29, 1.82) is 0 Å². The normalized spacial score (nSPS) is 10.4. The molecule has 84 valence electrons. The molecule has 0 radical (unpaired) electrons. The summed E-state index contributed by atoms with van der Waals surface area (Å²) in [5.41, 5.74) is 2.50. The topological polar surface area (TPSA) is 21.1 Å². The molecule has 0 N–H and O–H groups in total. The highest BCUT2D eigenvalue weighted by Crippen LogP contribution is 2.09. The molecule has 1 heterocycles. The lowest BCUT2D eigenvalue weighted by atomic mass is 10.1. The van der Waals surface area contributed by atoms with E-state index in [4.69, 9.17) is 0 Å². The Bertz CT molecular complexity index is 431. The van der Waals surface area contributed by atoms with E-state index < -0.39 is 0 Å². The van der Waals surface area contributed by atoms with Gasteiger partial charge in [-0.2, -0.15) is 5.10 Å². The predicted molar refractivity (Wildman–Crippen MR) is 66.7 cm³/mol. The molecule has 0 unspecified atom stereocenters. The molecule has 0 atom stereocenters. The Kier molecular flexibility index (Phi) is 3.25. The average molecular weight is 215 g/mol. The molecular weight excluding hydrogens is 198 g/mol. The second kappa shape index (κ2) is 4.84. The zero-order chi connectivity index (χ0) is 11.4. The van der Waals surface area contributed by atoms with Gasteiger partial charge in [0.2, 0.25) is 0 Å². The van der Waals surface area contributed by atoms with Crippen molar-refractivity contribution in [2.24, 2.45) is 0 Å². The van der Waals surface area contributed by atoms with E-state index in [1.807, 2.05) is 31.0 Å². The molecule has 3 heteroatoms. The Morgan fingerprint density at radius 2 is 1.94 bits per heavy atom. The Labute approximate surface area is 96.3 Å². The minimum absolute atomic E-state index is 0.928. The summed E-state index contributed by atoms with van der Waals surface area (Å²) in [5, 5.41) is 4.33. The molecule has 16 heavy (non-hydrogen) atoms. The number of nitrogens with zero attached hydrogens (tertiary/aromatic N) is 3. The van der Waals surface area contributed by atoms with E-state index in [0.29, 0.717) is 0 Å². The lowest BCUT2D eigenvalue weighted by Crippen LogP contribution is -2.07. The summed E-state index contributed by atoms with van der Waals surface area (Å²) in [5.74, 6) is 0. The summed E-state index contributed by atoms with van der Waals surface area (Å²) < 4.78 is 1.99. The first-order chi connectivity index (χ1) is 7.75. The van der Waals surface area contributed by atoms with E-state index in [9.17, 15) is 0 Å². The number of aromatic nitrogens is 2. The number of aryl methyl sites for hydroxylation is 2. The molecule has 1 aromatic carbocycles. The molecular formula is C13H17N3. The molecule has 0 saturated carbocycles. The Balaban J connectivity index is 1.95. The molecule has 3 nitrogen and oxygen atoms in total. The van der Waals surface area contributed by atoms with E-state index >= 15 is 0 Å². The van der Waals surface area contributed by atoms with Gasteiger partial charge in [-0.05, 0) is 12.0 Å². The van der Waals surface area contributed by atoms with Crippen LogP contribution in [-0.2, 0) is 13.0 Å². The second-order valence-electron chi connectivity index (χ2n) is 4.09. The molecule has 0 saturated heterocycles. The highest BCUT2D eigenvalue weighted by Gasteiger charge is 2.00. The Hall–Kier alpha value is -1.77. The van der Waals surface area contributed by atoms with Crippen molar-refractivity contribution in [2.45, 2.75) is 13.0 Å². The van der Waals surface area contributed by atoms with Gasteiger partial charge in [0.1, 0.15) is 0 Å². The summed E-state index contributed by atoms with van der Waals surface area (Å²) in [6.07, 6.45) is 4.99. The van der Waals surface area contributed by atoms with Crippen molar-refractivity contribution in [2.75, 3.05) is 19.0 Å². The van der Waals surface area contributed by atoms with Gasteiger partial charge in [0, 0.05) is 26.8 Å². The van der Waals surface area contributed by atoms with E-state index in [2.05, 4.69) is 40.5 Å². The first-order valence-corrected chi connectivity index (χ1v) is 5.49. The van der Waals surface area contributed by atoms with Crippen LogP contribution in [0.15, 0.2) is 42.7 Å². The van der Waals surface area contributed by atoms with Crippen molar-refractivity contribution < 1.29 is 0 Å². The third-order valence-electron chi connectivity index (χ3n) is 2.61. The summed E-state index contributed by atoms with van der Waals surface area (Å²) in [4.78, 5) is 2.06. The summed E-state index contributed by atoms with van der Waals surface area (Å²) in [7, 11) is 4.05. The van der Waals surface area contributed by atoms with Gasteiger partial charge in [-0.15, -0.1) is 0 Å². The molecule has 1 aromatic heterocycles. The van der Waals surface area contributed by atoms with Gasteiger partial charge in [0.25, 0.3) is 0 Å². The number of rotatable bonds is 4. The third kappa shape index (κ3) is 2.63. The number of hydrogen-bond acceptors (Lipinski definition) is 2. The van der Waals surface area contributed by atoms with Gasteiger partial charge in [-0.25, -0.2) is 0 Å². The molecule has 2 rings (SSSR count). The summed E-state index contributed by atoms with van der Waals surface area (Å²) >= 11 is 0. The van der Waals surface area contributed by atoms with Crippen molar-refractivity contribution in [3.63, 3.8) is 0 Å². The SMILES string of the molecule is CN(C)c1cnn(CCc2ccccc2)c1. The van der Waals surface area contributed by atoms with E-state index in [0.717, 1.165) is 18.7 Å². The lowest BCUT2D eigenvalue weighted by Gasteiger charge is -2.07. The zero-order valence-electron chi connectivity index (χ0n) is 9.80. The Morgan fingerprint density at radius 1 is 1.19 bits per heavy atom. The van der Waals surface area contributed by atoms with Crippen molar-refractivity contribution in [3.8, 4) is 0 Å². The van der Waals surface area contributed by atoms with Crippen LogP contribution in [0.25, 0.3) is 0 Å². The predicted octanol–water partition coefficient (Wildman–Crippen LogP) is 2.19. The Morgan fingerprint density at radius 3 is 2.56 bits per heavy atom. The van der Waals surface area contributed by atoms with Gasteiger partial charge in [0.15, 0.2) is 0 Å². The second-order valence-corrected chi connectivity index (χ2v) is 4.09. The first-order valence-electron chi connectivity index (χ1n) is 5.49. The molecule has 2 aromatic rings. The van der Waals surface area contributed by atoms with E-state index in [-0.39, 0.29) is 0 Å². The minimum Gasteiger partial charge on any atom is -0.375 e. The molecule has 0 fully saturated rings. The van der Waals surface area contributed by atoms with Crippen LogP contribution in [0.4, 0.5) is 5.69 Å². The van der Waals surface area contributed by atoms with Gasteiger partial charge in [-0.3, -0.25) is 4.68 Å². The molecule has 0 aliphatic heterocycles. The summed E-state index contributed by atoms with van der Waals surface area (Å²) in [6, 6.07) is 10.5. The third-order valence-corrected chi connectivity index (χ3v) is 2.61. The standard InChI is InChI=1S/C13H17N3/c1-15(2)13-10-14-16(11-13)9-8-12-6-4-3-5-7-12/h3-7,10-11H,8-9H2,1-2H3. The number of benzene rings is 1. The molecule has 0 aliphatic carbocycles. The fraction of sp³-hybridized carbons (Fsp3) is 0.308. The van der Waals surface area contributed by atoms with Gasteiger partial charge >= 0.3 is 0 Å². The van der Waals surface area contributed by atoms with Crippen LogP contribution in [0, 0.1) is 0 Å².